The van der Waals surface area contributed by atoms with E-state index in [4.69, 9.17) is 9.47 Å². The quantitative estimate of drug-likeness (QED) is 0.769. The van der Waals surface area contributed by atoms with Gasteiger partial charge in [-0.2, -0.15) is 0 Å². The zero-order valence-electron chi connectivity index (χ0n) is 14.7. The number of sulfonamides is 1. The molecule has 0 unspecified atom stereocenters. The molecule has 0 spiro atoms. The maximum atomic E-state index is 12.8. The van der Waals surface area contributed by atoms with Crippen LogP contribution in [0, 0.1) is 0 Å². The van der Waals surface area contributed by atoms with Crippen molar-refractivity contribution in [2.45, 2.75) is 24.8 Å². The van der Waals surface area contributed by atoms with Crippen LogP contribution in [0.25, 0.3) is 5.76 Å². The molecule has 2 aromatic rings. The van der Waals surface area contributed by atoms with Gasteiger partial charge in [0.2, 0.25) is 0 Å². The second kappa shape index (κ2) is 6.84. The van der Waals surface area contributed by atoms with Crippen molar-refractivity contribution in [1.82, 2.24) is 4.31 Å². The fourth-order valence-electron chi connectivity index (χ4n) is 2.74. The van der Waals surface area contributed by atoms with E-state index in [9.17, 15) is 13.2 Å². The van der Waals surface area contributed by atoms with Gasteiger partial charge in [0.1, 0.15) is 11.3 Å². The molecule has 0 aliphatic carbocycles. The molecule has 3 rings (SSSR count). The van der Waals surface area contributed by atoms with Gasteiger partial charge in [0, 0.05) is 11.6 Å². The van der Waals surface area contributed by atoms with Gasteiger partial charge in [0.15, 0.2) is 5.76 Å². The van der Waals surface area contributed by atoms with E-state index >= 15 is 0 Å². The monoisotopic (exact) mass is 373 g/mol. The normalized spacial score (nSPS) is 15.2. The third-order valence-corrected chi connectivity index (χ3v) is 5.98. The molecule has 0 saturated heterocycles. The zero-order chi connectivity index (χ0) is 18.9. The zero-order valence-corrected chi connectivity index (χ0v) is 15.5. The van der Waals surface area contributed by atoms with Gasteiger partial charge >= 0.3 is 5.97 Å². The first kappa shape index (κ1) is 18.0. The fraction of sp³-hybridized carbons (Fsp3) is 0.211. The Morgan fingerprint density at radius 3 is 2.38 bits per heavy atom. The first-order valence-corrected chi connectivity index (χ1v) is 9.50. The van der Waals surface area contributed by atoms with Crippen LogP contribution in [0.15, 0.2) is 59.6 Å². The van der Waals surface area contributed by atoms with E-state index in [1.54, 1.807) is 56.3 Å². The maximum Gasteiger partial charge on any atom is 0.347 e. The van der Waals surface area contributed by atoms with E-state index in [1.807, 2.05) is 0 Å². The van der Waals surface area contributed by atoms with Crippen molar-refractivity contribution in [3.05, 3.63) is 65.9 Å². The molecular formula is C19H19NO5S. The summed E-state index contributed by atoms with van der Waals surface area (Å²) < 4.78 is 37.5. The molecule has 6 nitrogen and oxygen atoms in total. The number of para-hydroxylation sites is 1. The van der Waals surface area contributed by atoms with Gasteiger partial charge < -0.3 is 9.47 Å². The van der Waals surface area contributed by atoms with E-state index in [0.717, 1.165) is 0 Å². The van der Waals surface area contributed by atoms with Gasteiger partial charge in [-0.05, 0) is 38.1 Å². The van der Waals surface area contributed by atoms with Gasteiger partial charge in [-0.25, -0.2) is 13.2 Å². The Hall–Kier alpha value is -2.80. The Morgan fingerprint density at radius 2 is 1.69 bits per heavy atom. The van der Waals surface area contributed by atoms with Crippen LogP contribution < -0.4 is 4.74 Å². The summed E-state index contributed by atoms with van der Waals surface area (Å²) >= 11 is 0. The van der Waals surface area contributed by atoms with Crippen LogP contribution in [0.4, 0.5) is 0 Å². The van der Waals surface area contributed by atoms with Crippen molar-refractivity contribution < 1.29 is 22.7 Å². The predicted octanol–water partition coefficient (Wildman–Crippen LogP) is 3.26. The lowest BCUT2D eigenvalue weighted by atomic mass is 10.1. The Balaban J connectivity index is 2.05. The third kappa shape index (κ3) is 3.06. The molecule has 1 aliphatic heterocycles. The number of benzene rings is 2. The molecule has 0 saturated carbocycles. The van der Waals surface area contributed by atoms with Crippen molar-refractivity contribution >= 4 is 21.8 Å². The Bertz CT molecular complexity index is 979. The summed E-state index contributed by atoms with van der Waals surface area (Å²) in [6.07, 6.45) is 1.36. The molecule has 0 amide bonds. The predicted molar refractivity (Wildman–Crippen MR) is 97.0 cm³/mol. The van der Waals surface area contributed by atoms with E-state index < -0.39 is 16.0 Å². The van der Waals surface area contributed by atoms with Crippen LogP contribution in [0.3, 0.4) is 0 Å². The van der Waals surface area contributed by atoms with Gasteiger partial charge in [-0.1, -0.05) is 24.3 Å². The number of carbonyl (C=O) groups excluding carboxylic acids is 1. The van der Waals surface area contributed by atoms with Crippen molar-refractivity contribution in [3.8, 4) is 5.75 Å². The van der Waals surface area contributed by atoms with Crippen LogP contribution in [0.1, 0.15) is 29.8 Å². The molecule has 0 fully saturated rings. The summed E-state index contributed by atoms with van der Waals surface area (Å²) in [5, 5.41) is 0. The molecular weight excluding hydrogens is 354 g/mol. The summed E-state index contributed by atoms with van der Waals surface area (Å²) in [6, 6.07) is 12.8. The summed E-state index contributed by atoms with van der Waals surface area (Å²) in [7, 11) is -2.22. The maximum absolute atomic E-state index is 12.8. The third-order valence-electron chi connectivity index (χ3n) is 3.99. The largest absolute Gasteiger partial charge is 0.496 e. The standard InChI is InChI=1S/C19H19NO5S/c1-13(2)20-12-17(14-8-5-7-11-18(14)26(20,22)23)25-19(21)15-9-4-6-10-16(15)24-3/h4-13H,1-3H3. The molecule has 0 bridgehead atoms. The molecule has 0 aromatic heterocycles. The highest BCUT2D eigenvalue weighted by Gasteiger charge is 2.34. The highest BCUT2D eigenvalue weighted by Crippen LogP contribution is 2.34. The number of fused-ring (bicyclic) bond motifs is 1. The lowest BCUT2D eigenvalue weighted by Gasteiger charge is -2.30. The average Bonchev–Trinajstić information content (AvgIpc) is 2.63. The summed E-state index contributed by atoms with van der Waals surface area (Å²) in [5.41, 5.74) is 0.616. The second-order valence-corrected chi connectivity index (χ2v) is 7.82. The van der Waals surface area contributed by atoms with Crippen molar-refractivity contribution in [3.63, 3.8) is 0 Å². The van der Waals surface area contributed by atoms with E-state index in [0.29, 0.717) is 11.3 Å². The molecule has 1 aliphatic rings. The minimum absolute atomic E-state index is 0.110. The first-order valence-electron chi connectivity index (χ1n) is 8.06. The Morgan fingerprint density at radius 1 is 1.04 bits per heavy atom. The van der Waals surface area contributed by atoms with Gasteiger partial charge in [-0.15, -0.1) is 0 Å². The number of esters is 1. The molecule has 2 aromatic carbocycles. The average molecular weight is 373 g/mol. The lowest BCUT2D eigenvalue weighted by molar-refractivity contribution is 0.0685. The van der Waals surface area contributed by atoms with E-state index in [-0.39, 0.29) is 22.3 Å². The van der Waals surface area contributed by atoms with Crippen LogP contribution in [0.5, 0.6) is 5.75 Å². The number of carbonyl (C=O) groups is 1. The van der Waals surface area contributed by atoms with E-state index in [2.05, 4.69) is 0 Å². The number of rotatable bonds is 4. The highest BCUT2D eigenvalue weighted by atomic mass is 32.2. The van der Waals surface area contributed by atoms with Gasteiger partial charge in [0.05, 0.1) is 18.2 Å². The van der Waals surface area contributed by atoms with Crippen LogP contribution in [0.2, 0.25) is 0 Å². The minimum Gasteiger partial charge on any atom is -0.496 e. The summed E-state index contributed by atoms with van der Waals surface area (Å²) in [6.45, 7) is 3.50. The Labute approximate surface area is 152 Å². The van der Waals surface area contributed by atoms with Crippen LogP contribution >= 0.6 is 0 Å². The van der Waals surface area contributed by atoms with Crippen molar-refractivity contribution in [1.29, 1.82) is 0 Å². The first-order chi connectivity index (χ1) is 12.4. The van der Waals surface area contributed by atoms with E-state index in [1.165, 1.54) is 23.7 Å². The highest BCUT2D eigenvalue weighted by molar-refractivity contribution is 7.89. The topological polar surface area (TPSA) is 72.9 Å². The molecule has 0 N–H and O–H groups in total. The molecule has 0 radical (unpaired) electrons. The number of hydrogen-bond acceptors (Lipinski definition) is 5. The lowest BCUT2D eigenvalue weighted by Crippen LogP contribution is -2.35. The smallest absolute Gasteiger partial charge is 0.347 e. The van der Waals surface area contributed by atoms with Gasteiger partial charge in [-0.3, -0.25) is 4.31 Å². The Kier molecular flexibility index (Phi) is 4.73. The second-order valence-electron chi connectivity index (χ2n) is 6.01. The number of methoxy groups -OCH3 is 1. The number of ether oxygens (including phenoxy) is 2. The molecule has 1 heterocycles. The SMILES string of the molecule is COc1ccccc1C(=O)OC1=CN(C(C)C)S(=O)(=O)c2ccccc21. The number of hydrogen-bond donors (Lipinski definition) is 0. The summed E-state index contributed by atoms with van der Waals surface area (Å²) in [4.78, 5) is 12.7. The number of nitrogens with zero attached hydrogens (tertiary/aromatic N) is 1. The van der Waals surface area contributed by atoms with Crippen LogP contribution in [-0.2, 0) is 14.8 Å². The van der Waals surface area contributed by atoms with Crippen molar-refractivity contribution in [2.75, 3.05) is 7.11 Å². The summed E-state index contributed by atoms with van der Waals surface area (Å²) in [5.74, 6) is -0.0536. The fourth-order valence-corrected chi connectivity index (χ4v) is 4.45. The van der Waals surface area contributed by atoms with Crippen LogP contribution in [-0.4, -0.2) is 31.8 Å². The molecule has 7 heteroatoms. The molecule has 136 valence electrons. The molecule has 0 atom stereocenters. The minimum atomic E-state index is -3.69. The molecule has 26 heavy (non-hydrogen) atoms. The van der Waals surface area contributed by atoms with Crippen molar-refractivity contribution in [2.24, 2.45) is 0 Å². The van der Waals surface area contributed by atoms with Gasteiger partial charge in [0.25, 0.3) is 10.0 Å².